The summed E-state index contributed by atoms with van der Waals surface area (Å²) < 4.78 is 0. The van der Waals surface area contributed by atoms with Crippen LogP contribution in [-0.4, -0.2) is 11.0 Å². The second kappa shape index (κ2) is 6.59. The molecule has 0 fully saturated rings. The molecule has 0 spiro atoms. The molecule has 0 aromatic heterocycles. The fourth-order valence-corrected chi connectivity index (χ4v) is 3.02. The van der Waals surface area contributed by atoms with E-state index in [1.165, 1.54) is 11.1 Å². The summed E-state index contributed by atoms with van der Waals surface area (Å²) in [6.07, 6.45) is 0. The molecule has 1 aliphatic rings. The zero-order valence-electron chi connectivity index (χ0n) is 11.9. The van der Waals surface area contributed by atoms with E-state index in [4.69, 9.17) is 0 Å². The Bertz CT molecular complexity index is 677. The summed E-state index contributed by atoms with van der Waals surface area (Å²) in [5.41, 5.74) is 3.66. The first-order valence-electron chi connectivity index (χ1n) is 6.92. The van der Waals surface area contributed by atoms with Crippen LogP contribution in [0.5, 0.6) is 0 Å². The third-order valence-electron chi connectivity index (χ3n) is 3.22. The zero-order valence-corrected chi connectivity index (χ0v) is 12.7. The normalized spacial score (nSPS) is 16.4. The molecule has 106 valence electrons. The third kappa shape index (κ3) is 3.73. The van der Waals surface area contributed by atoms with Crippen LogP contribution in [0.1, 0.15) is 18.1 Å². The molecule has 2 aromatic carbocycles. The molecule has 0 saturated carbocycles. The van der Waals surface area contributed by atoms with Crippen molar-refractivity contribution in [2.75, 3.05) is 5.32 Å². The number of para-hydroxylation sites is 1. The van der Waals surface area contributed by atoms with Gasteiger partial charge in [0.2, 0.25) is 0 Å². The molecule has 21 heavy (non-hydrogen) atoms. The van der Waals surface area contributed by atoms with E-state index in [1.807, 2.05) is 31.2 Å². The van der Waals surface area contributed by atoms with Crippen molar-refractivity contribution in [1.82, 2.24) is 0 Å². The summed E-state index contributed by atoms with van der Waals surface area (Å²) in [5, 5.41) is 4.28. The van der Waals surface area contributed by atoms with Crippen molar-refractivity contribution in [2.45, 2.75) is 19.2 Å². The maximum absolute atomic E-state index is 4.57. The van der Waals surface area contributed by atoms with Crippen molar-refractivity contribution in [2.24, 2.45) is 9.98 Å². The smallest absolute Gasteiger partial charge is 0.167 e. The molecule has 1 heterocycles. The number of anilines is 1. The van der Waals surface area contributed by atoms with Crippen LogP contribution in [0, 0.1) is 0 Å². The number of hydrogen-bond acceptors (Lipinski definition) is 2. The number of fused-ring (bicyclic) bond motifs is 1. The Kier molecular flexibility index (Phi) is 4.36. The second-order valence-electron chi connectivity index (χ2n) is 4.84. The monoisotopic (exact) mass is 295 g/mol. The Morgan fingerprint density at radius 3 is 2.71 bits per heavy atom. The first-order valence-corrected chi connectivity index (χ1v) is 7.91. The van der Waals surface area contributed by atoms with E-state index in [0.29, 0.717) is 6.54 Å². The van der Waals surface area contributed by atoms with Crippen molar-refractivity contribution < 1.29 is 0 Å². The van der Waals surface area contributed by atoms with Crippen LogP contribution in [0.4, 0.5) is 5.69 Å². The Hall–Kier alpha value is -2.07. The minimum absolute atomic E-state index is 0.671. The maximum Gasteiger partial charge on any atom is 0.167 e. The molecular formula is C17H17N3S. The van der Waals surface area contributed by atoms with Crippen LogP contribution in [0.15, 0.2) is 64.6 Å². The van der Waals surface area contributed by atoms with Crippen molar-refractivity contribution in [3.63, 3.8) is 0 Å². The molecule has 0 radical (unpaired) electrons. The van der Waals surface area contributed by atoms with Gasteiger partial charge in [-0.1, -0.05) is 60.3 Å². The number of hydrogen-bond donors (Lipinski definition) is 1. The van der Waals surface area contributed by atoms with Gasteiger partial charge in [-0.2, -0.15) is 0 Å². The van der Waals surface area contributed by atoms with Gasteiger partial charge >= 0.3 is 0 Å². The fourth-order valence-electron chi connectivity index (χ4n) is 2.10. The SMILES string of the molecule is CC(=NCc1ccccc1)N=C1Nc2ccccc2CS1. The number of benzene rings is 2. The van der Waals surface area contributed by atoms with Gasteiger partial charge in [0.1, 0.15) is 5.84 Å². The first kappa shape index (κ1) is 13.9. The van der Waals surface area contributed by atoms with Gasteiger partial charge in [0.15, 0.2) is 5.17 Å². The lowest BCUT2D eigenvalue weighted by atomic mass is 10.2. The number of thioether (sulfide) groups is 1. The average molecular weight is 295 g/mol. The quantitative estimate of drug-likeness (QED) is 0.661. The first-order chi connectivity index (χ1) is 10.3. The van der Waals surface area contributed by atoms with Crippen LogP contribution >= 0.6 is 11.8 Å². The van der Waals surface area contributed by atoms with Gasteiger partial charge in [-0.25, -0.2) is 4.99 Å². The summed E-state index contributed by atoms with van der Waals surface area (Å²) in [5.74, 6) is 1.75. The topological polar surface area (TPSA) is 36.8 Å². The van der Waals surface area contributed by atoms with Crippen LogP contribution in [0.2, 0.25) is 0 Å². The predicted molar refractivity (Wildman–Crippen MR) is 92.0 cm³/mol. The van der Waals surface area contributed by atoms with Crippen molar-refractivity contribution >= 4 is 28.5 Å². The highest BCUT2D eigenvalue weighted by atomic mass is 32.2. The molecule has 0 saturated heterocycles. The van der Waals surface area contributed by atoms with E-state index in [1.54, 1.807) is 11.8 Å². The lowest BCUT2D eigenvalue weighted by molar-refractivity contribution is 1.06. The maximum atomic E-state index is 4.57. The molecule has 1 N–H and O–H groups in total. The Labute approximate surface area is 129 Å². The zero-order chi connectivity index (χ0) is 14.5. The van der Waals surface area contributed by atoms with E-state index >= 15 is 0 Å². The van der Waals surface area contributed by atoms with E-state index in [9.17, 15) is 0 Å². The van der Waals surface area contributed by atoms with Gasteiger partial charge < -0.3 is 5.32 Å². The van der Waals surface area contributed by atoms with E-state index < -0.39 is 0 Å². The molecule has 0 bridgehead atoms. The standard InChI is InChI=1S/C17H17N3S/c1-13(18-11-14-7-3-2-4-8-14)19-17-20-16-10-6-5-9-15(16)12-21-17/h2-10H,11-12H2,1H3,(H,18,19,20). The lowest BCUT2D eigenvalue weighted by Gasteiger charge is -2.18. The second-order valence-corrected chi connectivity index (χ2v) is 5.80. The van der Waals surface area contributed by atoms with Crippen molar-refractivity contribution in [1.29, 1.82) is 0 Å². The number of rotatable bonds is 2. The molecule has 0 amide bonds. The molecule has 0 atom stereocenters. The highest BCUT2D eigenvalue weighted by Gasteiger charge is 2.13. The van der Waals surface area contributed by atoms with Gasteiger partial charge in [-0.3, -0.25) is 4.99 Å². The number of amidine groups is 2. The lowest BCUT2D eigenvalue weighted by Crippen LogP contribution is -2.15. The predicted octanol–water partition coefficient (Wildman–Crippen LogP) is 4.32. The molecule has 3 nitrogen and oxygen atoms in total. The molecule has 0 unspecified atom stereocenters. The Morgan fingerprint density at radius 2 is 1.86 bits per heavy atom. The summed E-state index contributed by atoms with van der Waals surface area (Å²) in [6.45, 7) is 2.61. The third-order valence-corrected chi connectivity index (χ3v) is 4.14. The van der Waals surface area contributed by atoms with Crippen LogP contribution in [0.3, 0.4) is 0 Å². The Morgan fingerprint density at radius 1 is 1.10 bits per heavy atom. The summed E-state index contributed by atoms with van der Waals surface area (Å²) in [4.78, 5) is 9.09. The molecular weight excluding hydrogens is 278 g/mol. The van der Waals surface area contributed by atoms with Gasteiger partial charge in [-0.05, 0) is 24.1 Å². The molecule has 3 rings (SSSR count). The number of aliphatic imine (C=N–C) groups is 2. The van der Waals surface area contributed by atoms with E-state index in [0.717, 1.165) is 22.4 Å². The molecule has 0 aliphatic carbocycles. The van der Waals surface area contributed by atoms with Crippen LogP contribution in [-0.2, 0) is 12.3 Å². The largest absolute Gasteiger partial charge is 0.334 e. The van der Waals surface area contributed by atoms with Crippen molar-refractivity contribution in [3.05, 3.63) is 65.7 Å². The summed E-state index contributed by atoms with van der Waals surface area (Å²) in [6, 6.07) is 18.6. The molecule has 1 aliphatic heterocycles. The highest BCUT2D eigenvalue weighted by Crippen LogP contribution is 2.27. The van der Waals surface area contributed by atoms with E-state index in [2.05, 4.69) is 45.6 Å². The van der Waals surface area contributed by atoms with Gasteiger partial charge in [0.05, 0.1) is 6.54 Å². The van der Waals surface area contributed by atoms with E-state index in [-0.39, 0.29) is 0 Å². The minimum atomic E-state index is 0.671. The fraction of sp³-hybridized carbons (Fsp3) is 0.176. The number of nitrogens with zero attached hydrogens (tertiary/aromatic N) is 2. The summed E-state index contributed by atoms with van der Waals surface area (Å²) >= 11 is 1.71. The number of nitrogens with one attached hydrogen (secondary N) is 1. The van der Waals surface area contributed by atoms with Crippen LogP contribution in [0.25, 0.3) is 0 Å². The van der Waals surface area contributed by atoms with Gasteiger partial charge in [0, 0.05) is 11.4 Å². The van der Waals surface area contributed by atoms with Gasteiger partial charge in [-0.15, -0.1) is 0 Å². The molecule has 4 heteroatoms. The van der Waals surface area contributed by atoms with Crippen molar-refractivity contribution in [3.8, 4) is 0 Å². The Balaban J connectivity index is 1.68. The van der Waals surface area contributed by atoms with Gasteiger partial charge in [0.25, 0.3) is 0 Å². The highest BCUT2D eigenvalue weighted by molar-refractivity contribution is 8.13. The average Bonchev–Trinajstić information content (AvgIpc) is 2.54. The van der Waals surface area contributed by atoms with Crippen LogP contribution < -0.4 is 5.32 Å². The minimum Gasteiger partial charge on any atom is -0.334 e. The summed E-state index contributed by atoms with van der Waals surface area (Å²) in [7, 11) is 0. The molecule has 2 aromatic rings.